The Hall–Kier alpha value is -6.14. The summed E-state index contributed by atoms with van der Waals surface area (Å²) < 4.78 is 4.47. The number of benzene rings is 3. The zero-order valence-electron chi connectivity index (χ0n) is 24.5. The molecule has 0 fully saturated rings. The average molecular weight is 579 g/mol. The molecule has 0 saturated heterocycles. The van der Waals surface area contributed by atoms with Crippen molar-refractivity contribution in [2.24, 2.45) is 0 Å². The van der Waals surface area contributed by atoms with E-state index in [2.05, 4.69) is 116 Å². The van der Waals surface area contributed by atoms with Gasteiger partial charge in [0.25, 0.3) is 0 Å². The Labute approximate surface area is 258 Å². The van der Waals surface area contributed by atoms with Crippen LogP contribution in [-0.4, -0.2) is 29.1 Å². The lowest BCUT2D eigenvalue weighted by Gasteiger charge is -2.08. The van der Waals surface area contributed by atoms with Gasteiger partial charge in [0, 0.05) is 55.9 Å². The van der Waals surface area contributed by atoms with Crippen LogP contribution in [0.25, 0.3) is 77.5 Å². The largest absolute Gasteiger partial charge is 0.306 e. The molecule has 9 aromatic rings. The number of hydrogen-bond donors (Lipinski definition) is 0. The highest BCUT2D eigenvalue weighted by atomic mass is 15.0. The minimum Gasteiger partial charge on any atom is -0.306 e. The fourth-order valence-electron chi connectivity index (χ4n) is 6.52. The maximum Gasteiger partial charge on any atom is 0.0725 e. The highest BCUT2D eigenvalue weighted by Crippen LogP contribution is 2.36. The van der Waals surface area contributed by atoms with Crippen LogP contribution in [0.5, 0.6) is 0 Å². The topological polar surface area (TPSA) is 61.4 Å². The minimum atomic E-state index is 0.926. The number of aryl methyl sites for hydroxylation is 1. The van der Waals surface area contributed by atoms with Crippen LogP contribution in [0.2, 0.25) is 0 Å². The molecule has 0 spiro atoms. The van der Waals surface area contributed by atoms with Crippen molar-refractivity contribution in [2.75, 3.05) is 0 Å². The molecule has 0 amide bonds. The average Bonchev–Trinajstić information content (AvgIpc) is 3.61. The van der Waals surface area contributed by atoms with Crippen LogP contribution in [0.15, 0.2) is 140 Å². The molecule has 0 aliphatic rings. The van der Waals surface area contributed by atoms with Crippen molar-refractivity contribution < 1.29 is 0 Å². The molecule has 212 valence electrons. The van der Waals surface area contributed by atoms with Gasteiger partial charge in [0.05, 0.1) is 58.2 Å². The van der Waals surface area contributed by atoms with E-state index in [1.54, 1.807) is 0 Å². The molecule has 6 heterocycles. The molecule has 6 nitrogen and oxygen atoms in total. The van der Waals surface area contributed by atoms with E-state index in [9.17, 15) is 0 Å². The monoisotopic (exact) mass is 578 g/mol. The van der Waals surface area contributed by atoms with Crippen molar-refractivity contribution >= 4 is 43.6 Å². The maximum absolute atomic E-state index is 4.92. The first kappa shape index (κ1) is 25.4. The Morgan fingerprint density at radius 2 is 0.911 bits per heavy atom. The number of fused-ring (bicyclic) bond motifs is 6. The number of aromatic nitrogens is 6. The molecular weight excluding hydrogens is 552 g/mol. The normalized spacial score (nSPS) is 11.7. The van der Waals surface area contributed by atoms with Crippen LogP contribution in [0.1, 0.15) is 5.69 Å². The van der Waals surface area contributed by atoms with Gasteiger partial charge in [0.1, 0.15) is 0 Å². The quantitative estimate of drug-likeness (QED) is 0.209. The van der Waals surface area contributed by atoms with Gasteiger partial charge in [-0.05, 0) is 55.5 Å². The van der Waals surface area contributed by atoms with Gasteiger partial charge in [-0.1, -0.05) is 60.7 Å². The van der Waals surface area contributed by atoms with Gasteiger partial charge in [-0.15, -0.1) is 0 Å². The second-order valence-electron chi connectivity index (χ2n) is 11.3. The summed E-state index contributed by atoms with van der Waals surface area (Å²) in [6.45, 7) is 2.04. The SMILES string of the molecule is Cc1cc2c3cc(-c4ccc(-c5cc6c7ccncc7n(-c7ccccc7)c6cn5)cc4)ncc3n(-c3ccccc3)c2cn1. The van der Waals surface area contributed by atoms with Gasteiger partial charge in [-0.25, -0.2) is 0 Å². The van der Waals surface area contributed by atoms with E-state index in [-0.39, 0.29) is 0 Å². The van der Waals surface area contributed by atoms with E-state index >= 15 is 0 Å². The van der Waals surface area contributed by atoms with E-state index < -0.39 is 0 Å². The molecule has 9 rings (SSSR count). The van der Waals surface area contributed by atoms with Crippen LogP contribution < -0.4 is 0 Å². The summed E-state index contributed by atoms with van der Waals surface area (Å²) in [5, 5.41) is 4.63. The molecule has 0 aliphatic heterocycles. The van der Waals surface area contributed by atoms with E-state index in [4.69, 9.17) is 9.97 Å². The summed E-state index contributed by atoms with van der Waals surface area (Å²) >= 11 is 0. The first-order chi connectivity index (χ1) is 22.2. The van der Waals surface area contributed by atoms with E-state index in [1.165, 1.54) is 5.39 Å². The second-order valence-corrected chi connectivity index (χ2v) is 11.3. The maximum atomic E-state index is 4.92. The molecule has 45 heavy (non-hydrogen) atoms. The summed E-state index contributed by atoms with van der Waals surface area (Å²) in [5.41, 5.74) is 11.4. The number of hydrogen-bond acceptors (Lipinski definition) is 4. The second kappa shape index (κ2) is 9.96. The van der Waals surface area contributed by atoms with Crippen LogP contribution in [0, 0.1) is 6.92 Å². The van der Waals surface area contributed by atoms with E-state index in [0.29, 0.717) is 0 Å². The molecule has 6 aromatic heterocycles. The van der Waals surface area contributed by atoms with Crippen LogP contribution in [0.4, 0.5) is 0 Å². The summed E-state index contributed by atoms with van der Waals surface area (Å²) in [6, 6.07) is 37.9. The third-order valence-electron chi connectivity index (χ3n) is 8.63. The lowest BCUT2D eigenvalue weighted by Crippen LogP contribution is -1.94. The third kappa shape index (κ3) is 4.03. The molecular formula is C39H26N6. The van der Waals surface area contributed by atoms with Crippen LogP contribution >= 0.6 is 0 Å². The molecule has 0 atom stereocenters. The third-order valence-corrected chi connectivity index (χ3v) is 8.63. The molecule has 0 unspecified atom stereocenters. The Bertz CT molecular complexity index is 2530. The summed E-state index contributed by atoms with van der Waals surface area (Å²) in [7, 11) is 0. The Morgan fingerprint density at radius 3 is 1.47 bits per heavy atom. The molecule has 0 aliphatic carbocycles. The van der Waals surface area contributed by atoms with Crippen molar-refractivity contribution in [3.05, 3.63) is 146 Å². The van der Waals surface area contributed by atoms with Crippen molar-refractivity contribution in [3.8, 4) is 33.9 Å². The molecule has 0 N–H and O–H groups in total. The standard InChI is InChI=1S/C39H26N6/c1-25-18-31-33-20-35(43-24-39(33)45(37(31)22-41-25)29-10-6-3-7-11-29)27-14-12-26(13-15-27)34-19-32-30-16-17-40-21-36(30)44(38(32)23-42-34)28-8-4-2-5-9-28/h2-24H,1H3. The van der Waals surface area contributed by atoms with Crippen LogP contribution in [-0.2, 0) is 0 Å². The number of pyridine rings is 4. The van der Waals surface area contributed by atoms with Gasteiger partial charge in [0.15, 0.2) is 0 Å². The molecule has 0 saturated carbocycles. The van der Waals surface area contributed by atoms with Crippen LogP contribution in [0.3, 0.4) is 0 Å². The predicted octanol–water partition coefficient (Wildman–Crippen LogP) is 9.10. The molecule has 0 radical (unpaired) electrons. The van der Waals surface area contributed by atoms with Gasteiger partial charge >= 0.3 is 0 Å². The van der Waals surface area contributed by atoms with E-state index in [1.807, 2.05) is 50.0 Å². The zero-order chi connectivity index (χ0) is 29.9. The van der Waals surface area contributed by atoms with Crippen molar-refractivity contribution in [1.29, 1.82) is 0 Å². The van der Waals surface area contributed by atoms with Crippen molar-refractivity contribution in [2.45, 2.75) is 6.92 Å². The van der Waals surface area contributed by atoms with Gasteiger partial charge < -0.3 is 9.13 Å². The predicted molar refractivity (Wildman–Crippen MR) is 182 cm³/mol. The fraction of sp³-hybridized carbons (Fsp3) is 0.0256. The molecule has 0 bridgehead atoms. The minimum absolute atomic E-state index is 0.926. The number of para-hydroxylation sites is 2. The summed E-state index contributed by atoms with van der Waals surface area (Å²) in [4.78, 5) is 18.9. The highest BCUT2D eigenvalue weighted by Gasteiger charge is 2.16. The first-order valence-corrected chi connectivity index (χ1v) is 15.0. The van der Waals surface area contributed by atoms with Gasteiger partial charge in [-0.3, -0.25) is 19.9 Å². The highest BCUT2D eigenvalue weighted by molar-refractivity contribution is 6.10. The Morgan fingerprint density at radius 1 is 0.444 bits per heavy atom. The summed E-state index contributed by atoms with van der Waals surface area (Å²) in [6.07, 6.45) is 9.69. The molecule has 3 aromatic carbocycles. The lowest BCUT2D eigenvalue weighted by molar-refractivity contribution is 1.14. The van der Waals surface area contributed by atoms with Gasteiger partial charge in [-0.2, -0.15) is 0 Å². The number of nitrogens with zero attached hydrogens (tertiary/aromatic N) is 6. The fourth-order valence-corrected chi connectivity index (χ4v) is 6.52. The lowest BCUT2D eigenvalue weighted by atomic mass is 10.0. The Kier molecular flexibility index (Phi) is 5.62. The smallest absolute Gasteiger partial charge is 0.0725 e. The zero-order valence-corrected chi connectivity index (χ0v) is 24.5. The van der Waals surface area contributed by atoms with E-state index in [0.717, 1.165) is 77.8 Å². The summed E-state index contributed by atoms with van der Waals surface area (Å²) in [5.74, 6) is 0. The first-order valence-electron chi connectivity index (χ1n) is 15.0. The number of rotatable bonds is 4. The molecule has 6 heteroatoms. The van der Waals surface area contributed by atoms with Gasteiger partial charge in [0.2, 0.25) is 0 Å². The van der Waals surface area contributed by atoms with Crippen molar-refractivity contribution in [1.82, 2.24) is 29.1 Å². The van der Waals surface area contributed by atoms with Crippen molar-refractivity contribution in [3.63, 3.8) is 0 Å². The Balaban J connectivity index is 1.13.